The predicted octanol–water partition coefficient (Wildman–Crippen LogP) is 3.53. The molecule has 10 heteroatoms. The van der Waals surface area contributed by atoms with Crippen molar-refractivity contribution in [3.8, 4) is 5.75 Å². The van der Waals surface area contributed by atoms with Crippen molar-refractivity contribution in [2.24, 2.45) is 0 Å². The minimum atomic E-state index is -5.22. The molecule has 1 heterocycles. The van der Waals surface area contributed by atoms with E-state index in [1.807, 2.05) is 0 Å². The smallest absolute Gasteiger partial charge is 0.400 e. The highest BCUT2D eigenvalue weighted by Crippen LogP contribution is 2.37. The van der Waals surface area contributed by atoms with Crippen LogP contribution in [0, 0.1) is 11.6 Å². The Balaban J connectivity index is 1.89. The molecule has 1 saturated heterocycles. The van der Waals surface area contributed by atoms with E-state index >= 15 is 0 Å². The second-order valence-corrected chi connectivity index (χ2v) is 5.64. The molecule has 2 aromatic carbocycles. The maximum Gasteiger partial charge on any atom is 0.573 e. The Hall–Kier alpha value is -3.17. The lowest BCUT2D eigenvalue weighted by molar-refractivity contribution is -0.275. The highest BCUT2D eigenvalue weighted by molar-refractivity contribution is 6.22. The Kier molecular flexibility index (Phi) is 4.73. The molecular formula is C17H11F5N2O3. The zero-order chi connectivity index (χ0) is 19.8. The largest absolute Gasteiger partial charge is 0.573 e. The summed E-state index contributed by atoms with van der Waals surface area (Å²) in [5.74, 6) is -4.04. The molecule has 1 N–H and O–H groups in total. The predicted molar refractivity (Wildman–Crippen MR) is 83.0 cm³/mol. The standard InChI is InChI=1S/C17H11F5N2O3/c18-10-6-4-9(5-7-10)8-12-15(25)24(16(26)23-12)13-3-1-2-11(19)14(13)27-17(20,21)22/h1-7,12H,8H2,(H,23,26). The number of carbonyl (C=O) groups excluding carboxylic acids is 2. The van der Waals surface area contributed by atoms with Crippen molar-refractivity contribution in [1.29, 1.82) is 0 Å². The summed E-state index contributed by atoms with van der Waals surface area (Å²) in [7, 11) is 0. The number of anilines is 1. The second kappa shape index (κ2) is 6.86. The Morgan fingerprint density at radius 3 is 2.33 bits per heavy atom. The quantitative estimate of drug-likeness (QED) is 0.646. The van der Waals surface area contributed by atoms with Gasteiger partial charge in [0.1, 0.15) is 11.9 Å². The molecular weight excluding hydrogens is 375 g/mol. The van der Waals surface area contributed by atoms with Gasteiger partial charge in [0.15, 0.2) is 11.6 Å². The van der Waals surface area contributed by atoms with Gasteiger partial charge in [0.05, 0.1) is 5.69 Å². The van der Waals surface area contributed by atoms with Gasteiger partial charge in [0.25, 0.3) is 5.91 Å². The van der Waals surface area contributed by atoms with Gasteiger partial charge in [-0.05, 0) is 29.8 Å². The maximum absolute atomic E-state index is 13.8. The molecule has 1 fully saturated rings. The first-order valence-electron chi connectivity index (χ1n) is 7.59. The fourth-order valence-electron chi connectivity index (χ4n) is 2.64. The van der Waals surface area contributed by atoms with Crippen LogP contribution in [0.2, 0.25) is 0 Å². The fourth-order valence-corrected chi connectivity index (χ4v) is 2.64. The van der Waals surface area contributed by atoms with Gasteiger partial charge in [-0.3, -0.25) is 4.79 Å². The summed E-state index contributed by atoms with van der Waals surface area (Å²) < 4.78 is 68.1. The molecule has 0 saturated carbocycles. The van der Waals surface area contributed by atoms with Crippen LogP contribution in [0.5, 0.6) is 5.75 Å². The van der Waals surface area contributed by atoms with Crippen molar-refractivity contribution < 1.29 is 36.3 Å². The molecule has 1 unspecified atom stereocenters. The van der Waals surface area contributed by atoms with Gasteiger partial charge in [-0.1, -0.05) is 18.2 Å². The Labute approximate surface area is 149 Å². The third kappa shape index (κ3) is 3.99. The Morgan fingerprint density at radius 1 is 1.04 bits per heavy atom. The number of carbonyl (C=O) groups is 2. The minimum absolute atomic E-state index is 0.0217. The first kappa shape index (κ1) is 18.6. The van der Waals surface area contributed by atoms with Gasteiger partial charge >= 0.3 is 12.4 Å². The van der Waals surface area contributed by atoms with E-state index in [9.17, 15) is 31.5 Å². The first-order chi connectivity index (χ1) is 12.7. The van der Waals surface area contributed by atoms with Crippen LogP contribution in [-0.2, 0) is 11.2 Å². The molecule has 2 aromatic rings. The van der Waals surface area contributed by atoms with Crippen LogP contribution in [0.4, 0.5) is 32.4 Å². The van der Waals surface area contributed by atoms with E-state index in [1.165, 1.54) is 12.1 Å². The number of imide groups is 1. The van der Waals surface area contributed by atoms with Gasteiger partial charge in [-0.25, -0.2) is 18.5 Å². The highest BCUT2D eigenvalue weighted by Gasteiger charge is 2.42. The average molecular weight is 386 g/mol. The lowest BCUT2D eigenvalue weighted by Gasteiger charge is -2.19. The van der Waals surface area contributed by atoms with E-state index in [-0.39, 0.29) is 6.42 Å². The van der Waals surface area contributed by atoms with Crippen LogP contribution in [0.15, 0.2) is 42.5 Å². The Bertz CT molecular complexity index is 883. The number of benzene rings is 2. The van der Waals surface area contributed by atoms with Crippen LogP contribution in [0.3, 0.4) is 0 Å². The summed E-state index contributed by atoms with van der Waals surface area (Å²) in [5.41, 5.74) is -0.153. The topological polar surface area (TPSA) is 58.6 Å². The SMILES string of the molecule is O=C1NC(Cc2ccc(F)cc2)C(=O)N1c1cccc(F)c1OC(F)(F)F. The van der Waals surface area contributed by atoms with Crippen molar-refractivity contribution >= 4 is 17.6 Å². The number of alkyl halides is 3. The summed E-state index contributed by atoms with van der Waals surface area (Å²) in [6.07, 6.45) is -5.24. The molecule has 1 aliphatic heterocycles. The van der Waals surface area contributed by atoms with Gasteiger partial charge in [-0.2, -0.15) is 0 Å². The van der Waals surface area contributed by atoms with Gasteiger partial charge < -0.3 is 10.1 Å². The average Bonchev–Trinajstić information content (AvgIpc) is 2.85. The molecule has 0 aliphatic carbocycles. The molecule has 3 rings (SSSR count). The molecule has 0 aromatic heterocycles. The van der Waals surface area contributed by atoms with E-state index in [2.05, 4.69) is 10.1 Å². The van der Waals surface area contributed by atoms with E-state index in [0.717, 1.165) is 24.3 Å². The van der Waals surface area contributed by atoms with Crippen LogP contribution in [0.25, 0.3) is 0 Å². The number of halogens is 5. The number of nitrogens with one attached hydrogen (secondary N) is 1. The number of amides is 3. The van der Waals surface area contributed by atoms with Crippen molar-refractivity contribution in [2.75, 3.05) is 4.90 Å². The normalized spacial score (nSPS) is 17.2. The lowest BCUT2D eigenvalue weighted by atomic mass is 10.1. The maximum atomic E-state index is 13.8. The molecule has 0 spiro atoms. The highest BCUT2D eigenvalue weighted by atomic mass is 19.4. The molecule has 3 amide bonds. The van der Waals surface area contributed by atoms with Crippen LogP contribution in [0.1, 0.15) is 5.56 Å². The second-order valence-electron chi connectivity index (χ2n) is 5.64. The van der Waals surface area contributed by atoms with Crippen molar-refractivity contribution in [3.05, 3.63) is 59.7 Å². The molecule has 1 aliphatic rings. The summed E-state index contributed by atoms with van der Waals surface area (Å²) in [6, 6.07) is 5.71. The number of nitrogens with zero attached hydrogens (tertiary/aromatic N) is 1. The molecule has 5 nitrogen and oxygen atoms in total. The number of urea groups is 1. The molecule has 27 heavy (non-hydrogen) atoms. The number of rotatable bonds is 4. The minimum Gasteiger partial charge on any atom is -0.400 e. The zero-order valence-corrected chi connectivity index (χ0v) is 13.4. The van der Waals surface area contributed by atoms with Gasteiger partial charge in [0, 0.05) is 6.42 Å². The van der Waals surface area contributed by atoms with E-state index in [0.29, 0.717) is 16.5 Å². The van der Waals surface area contributed by atoms with Crippen LogP contribution >= 0.6 is 0 Å². The fraction of sp³-hybridized carbons (Fsp3) is 0.176. The zero-order valence-electron chi connectivity index (χ0n) is 13.4. The van der Waals surface area contributed by atoms with E-state index < -0.39 is 47.4 Å². The number of ether oxygens (including phenoxy) is 1. The van der Waals surface area contributed by atoms with Crippen LogP contribution < -0.4 is 15.0 Å². The summed E-state index contributed by atoms with van der Waals surface area (Å²) in [5, 5.41) is 2.31. The summed E-state index contributed by atoms with van der Waals surface area (Å²) in [4.78, 5) is 25.1. The number of para-hydroxylation sites is 1. The first-order valence-corrected chi connectivity index (χ1v) is 7.59. The van der Waals surface area contributed by atoms with Crippen molar-refractivity contribution in [3.63, 3.8) is 0 Å². The molecule has 0 radical (unpaired) electrons. The monoisotopic (exact) mass is 386 g/mol. The van der Waals surface area contributed by atoms with Gasteiger partial charge in [0.2, 0.25) is 0 Å². The lowest BCUT2D eigenvalue weighted by Crippen LogP contribution is -2.33. The third-order valence-corrected chi connectivity index (χ3v) is 3.78. The summed E-state index contributed by atoms with van der Waals surface area (Å²) in [6.45, 7) is 0. The number of hydrogen-bond acceptors (Lipinski definition) is 3. The van der Waals surface area contributed by atoms with Crippen LogP contribution in [-0.4, -0.2) is 24.3 Å². The molecule has 0 bridgehead atoms. The molecule has 142 valence electrons. The Morgan fingerprint density at radius 2 is 1.70 bits per heavy atom. The third-order valence-electron chi connectivity index (χ3n) is 3.78. The number of hydrogen-bond donors (Lipinski definition) is 1. The molecule has 1 atom stereocenters. The summed E-state index contributed by atoms with van der Waals surface area (Å²) >= 11 is 0. The van der Waals surface area contributed by atoms with E-state index in [1.54, 1.807) is 0 Å². The van der Waals surface area contributed by atoms with Gasteiger partial charge in [-0.15, -0.1) is 13.2 Å². The van der Waals surface area contributed by atoms with Crippen molar-refractivity contribution in [1.82, 2.24) is 5.32 Å². The van der Waals surface area contributed by atoms with Crippen molar-refractivity contribution in [2.45, 2.75) is 18.8 Å². The van der Waals surface area contributed by atoms with E-state index in [4.69, 9.17) is 0 Å².